The lowest BCUT2D eigenvalue weighted by Gasteiger charge is -2.14. The van der Waals surface area contributed by atoms with Gasteiger partial charge in [0.25, 0.3) is 0 Å². The van der Waals surface area contributed by atoms with E-state index in [1.807, 2.05) is 0 Å². The zero-order chi connectivity index (χ0) is 14.2. The predicted octanol–water partition coefficient (Wildman–Crippen LogP) is 2.92. The van der Waals surface area contributed by atoms with Gasteiger partial charge in [-0.15, -0.1) is 0 Å². The molecule has 1 heterocycles. The van der Waals surface area contributed by atoms with Crippen LogP contribution in [0.15, 0.2) is 46.4 Å². The highest BCUT2D eigenvalue weighted by Crippen LogP contribution is 2.31. The van der Waals surface area contributed by atoms with Gasteiger partial charge in [0.05, 0.1) is 5.56 Å². The molecule has 4 nitrogen and oxygen atoms in total. The molecule has 0 unspecified atom stereocenters. The van der Waals surface area contributed by atoms with Gasteiger partial charge in [-0.2, -0.15) is 0 Å². The minimum absolute atomic E-state index is 0.0157. The smallest absolute Gasteiger partial charge is 0.229 e. The van der Waals surface area contributed by atoms with E-state index in [1.165, 1.54) is 25.1 Å². The Morgan fingerprint density at radius 1 is 1.26 bits per heavy atom. The van der Waals surface area contributed by atoms with E-state index < -0.39 is 5.78 Å². The van der Waals surface area contributed by atoms with Gasteiger partial charge in [0.1, 0.15) is 0 Å². The van der Waals surface area contributed by atoms with Gasteiger partial charge >= 0.3 is 0 Å². The Morgan fingerprint density at radius 2 is 1.95 bits per heavy atom. The van der Waals surface area contributed by atoms with E-state index in [4.69, 9.17) is 4.42 Å². The van der Waals surface area contributed by atoms with Gasteiger partial charge in [0, 0.05) is 18.1 Å². The molecular weight excluding hydrogens is 244 g/mol. The molecule has 4 heteroatoms. The van der Waals surface area contributed by atoms with Crippen LogP contribution in [0.1, 0.15) is 45.3 Å². The summed E-state index contributed by atoms with van der Waals surface area (Å²) in [6.07, 6.45) is 4.48. The average Bonchev–Trinajstić information content (AvgIpc) is 2.82. The fourth-order valence-electron chi connectivity index (χ4n) is 1.98. The van der Waals surface area contributed by atoms with Crippen molar-refractivity contribution in [3.05, 3.63) is 59.1 Å². The highest BCUT2D eigenvalue weighted by atomic mass is 16.4. The second kappa shape index (κ2) is 4.65. The zero-order valence-corrected chi connectivity index (χ0v) is 10.6. The third-order valence-electron chi connectivity index (χ3n) is 2.88. The van der Waals surface area contributed by atoms with Gasteiger partial charge in [-0.25, -0.2) is 0 Å². The van der Waals surface area contributed by atoms with E-state index in [9.17, 15) is 14.4 Å². The number of rotatable bonds is 2. The van der Waals surface area contributed by atoms with Crippen LogP contribution in [-0.2, 0) is 0 Å². The first-order valence-corrected chi connectivity index (χ1v) is 5.74. The molecule has 2 rings (SSSR count). The van der Waals surface area contributed by atoms with E-state index in [0.29, 0.717) is 0 Å². The third-order valence-corrected chi connectivity index (χ3v) is 2.88. The van der Waals surface area contributed by atoms with Gasteiger partial charge in [0.2, 0.25) is 5.78 Å². The Balaban J connectivity index is 2.71. The van der Waals surface area contributed by atoms with Crippen LogP contribution in [0.4, 0.5) is 0 Å². The lowest BCUT2D eigenvalue weighted by Crippen LogP contribution is -2.21. The quantitative estimate of drug-likeness (QED) is 0.602. The molecule has 0 aromatic carbocycles. The van der Waals surface area contributed by atoms with Crippen molar-refractivity contribution in [3.63, 3.8) is 0 Å². The van der Waals surface area contributed by atoms with Crippen LogP contribution in [0.2, 0.25) is 0 Å². The van der Waals surface area contributed by atoms with Gasteiger partial charge in [-0.05, 0) is 13.0 Å². The molecule has 0 bridgehead atoms. The standard InChI is InChI=1S/C15H12O4/c1-4-6-10-9(5-2)14(18)15-11(13(10)17)7-12(19-15)8(3)16/h4-7H,1H2,2-3H3/b9-5+,10-6+. The first-order chi connectivity index (χ1) is 9.01. The maximum absolute atomic E-state index is 12.3. The van der Waals surface area contributed by atoms with Crippen LogP contribution < -0.4 is 0 Å². The Bertz CT molecular complexity index is 668. The second-order valence-electron chi connectivity index (χ2n) is 4.09. The van der Waals surface area contributed by atoms with Crippen molar-refractivity contribution in [1.29, 1.82) is 0 Å². The molecule has 19 heavy (non-hydrogen) atoms. The Labute approximate surface area is 110 Å². The molecule has 0 amide bonds. The number of fused-ring (bicyclic) bond motifs is 1. The molecule has 1 aliphatic carbocycles. The zero-order valence-electron chi connectivity index (χ0n) is 10.6. The Kier molecular flexibility index (Phi) is 3.17. The lowest BCUT2D eigenvalue weighted by atomic mass is 9.86. The molecule has 0 spiro atoms. The lowest BCUT2D eigenvalue weighted by molar-refractivity contribution is 0.0942. The second-order valence-corrected chi connectivity index (χ2v) is 4.09. The van der Waals surface area contributed by atoms with E-state index in [0.717, 1.165) is 0 Å². The van der Waals surface area contributed by atoms with Crippen LogP contribution in [0.5, 0.6) is 0 Å². The molecule has 0 atom stereocenters. The molecule has 0 saturated carbocycles. The minimum atomic E-state index is -0.391. The van der Waals surface area contributed by atoms with Crippen LogP contribution in [0.3, 0.4) is 0 Å². The van der Waals surface area contributed by atoms with Gasteiger partial charge < -0.3 is 4.42 Å². The van der Waals surface area contributed by atoms with Crippen molar-refractivity contribution >= 4 is 17.3 Å². The van der Waals surface area contributed by atoms with Gasteiger partial charge in [0.15, 0.2) is 23.1 Å². The summed E-state index contributed by atoms with van der Waals surface area (Å²) in [5, 5.41) is 0. The molecular formula is C15H12O4. The summed E-state index contributed by atoms with van der Waals surface area (Å²) < 4.78 is 5.19. The number of carbonyl (C=O) groups is 3. The van der Waals surface area contributed by atoms with E-state index in [-0.39, 0.29) is 39.8 Å². The van der Waals surface area contributed by atoms with Crippen LogP contribution in [-0.4, -0.2) is 17.3 Å². The van der Waals surface area contributed by atoms with Crippen LogP contribution in [0, 0.1) is 0 Å². The minimum Gasteiger partial charge on any atom is -0.449 e. The number of hydrogen-bond acceptors (Lipinski definition) is 4. The van der Waals surface area contributed by atoms with Crippen molar-refractivity contribution in [2.75, 3.05) is 0 Å². The highest BCUT2D eigenvalue weighted by Gasteiger charge is 2.36. The van der Waals surface area contributed by atoms with Crippen molar-refractivity contribution in [1.82, 2.24) is 0 Å². The predicted molar refractivity (Wildman–Crippen MR) is 69.4 cm³/mol. The summed E-state index contributed by atoms with van der Waals surface area (Å²) in [6.45, 7) is 6.51. The van der Waals surface area contributed by atoms with E-state index in [1.54, 1.807) is 13.0 Å². The third kappa shape index (κ3) is 1.91. The SMILES string of the molecule is C=C/C=C1/C(=O)c2cc(C(C)=O)oc2C(=O)/C1=C/C. The summed E-state index contributed by atoms with van der Waals surface area (Å²) in [4.78, 5) is 35.8. The summed E-state index contributed by atoms with van der Waals surface area (Å²) in [7, 11) is 0. The molecule has 0 aliphatic heterocycles. The average molecular weight is 256 g/mol. The van der Waals surface area contributed by atoms with Crippen molar-refractivity contribution < 1.29 is 18.8 Å². The summed E-state index contributed by atoms with van der Waals surface area (Å²) in [5.74, 6) is -1.10. The van der Waals surface area contributed by atoms with E-state index in [2.05, 4.69) is 6.58 Å². The maximum atomic E-state index is 12.3. The molecule has 0 saturated heterocycles. The number of carbonyl (C=O) groups excluding carboxylic acids is 3. The largest absolute Gasteiger partial charge is 0.449 e. The molecule has 0 radical (unpaired) electrons. The summed E-state index contributed by atoms with van der Waals surface area (Å²) in [6, 6.07) is 1.32. The fraction of sp³-hybridized carbons (Fsp3) is 0.133. The number of Topliss-reactive ketones (excluding diaryl/α,β-unsaturated/α-hetero) is 3. The van der Waals surface area contributed by atoms with Gasteiger partial charge in [-0.3, -0.25) is 14.4 Å². The molecule has 1 aromatic rings. The first kappa shape index (κ1) is 13.0. The fourth-order valence-corrected chi connectivity index (χ4v) is 1.98. The summed E-state index contributed by atoms with van der Waals surface area (Å²) in [5.41, 5.74) is 0.668. The molecule has 96 valence electrons. The molecule has 1 aliphatic rings. The van der Waals surface area contributed by atoms with Crippen molar-refractivity contribution in [2.45, 2.75) is 13.8 Å². The number of hydrogen-bond donors (Lipinski definition) is 0. The topological polar surface area (TPSA) is 64.3 Å². The number of ketones is 3. The van der Waals surface area contributed by atoms with Crippen LogP contribution in [0.25, 0.3) is 0 Å². The first-order valence-electron chi connectivity index (χ1n) is 5.74. The summed E-state index contributed by atoms with van der Waals surface area (Å²) >= 11 is 0. The normalized spacial score (nSPS) is 18.8. The Hall–Kier alpha value is -2.49. The molecule has 0 fully saturated rings. The molecule has 1 aromatic heterocycles. The van der Waals surface area contributed by atoms with Gasteiger partial charge in [-0.1, -0.05) is 24.8 Å². The van der Waals surface area contributed by atoms with Crippen LogP contribution >= 0.6 is 0 Å². The maximum Gasteiger partial charge on any atom is 0.229 e. The van der Waals surface area contributed by atoms with E-state index >= 15 is 0 Å². The van der Waals surface area contributed by atoms with Crippen molar-refractivity contribution in [3.8, 4) is 0 Å². The number of allylic oxidation sites excluding steroid dienone is 5. The molecule has 0 N–H and O–H groups in total. The highest BCUT2D eigenvalue weighted by molar-refractivity contribution is 6.30. The monoisotopic (exact) mass is 256 g/mol. The number of furan rings is 1. The Morgan fingerprint density at radius 3 is 2.47 bits per heavy atom. The van der Waals surface area contributed by atoms with Crippen molar-refractivity contribution in [2.24, 2.45) is 0 Å².